The zero-order valence-corrected chi connectivity index (χ0v) is 22.4. The number of nitrogens with zero attached hydrogens (tertiary/aromatic N) is 1. The molecule has 0 unspecified atom stereocenters. The van der Waals surface area contributed by atoms with Crippen LogP contribution in [0.5, 0.6) is 0 Å². The lowest BCUT2D eigenvalue weighted by Crippen LogP contribution is -2.55. The maximum atomic E-state index is 13.4. The second-order valence-electron chi connectivity index (χ2n) is 10.5. The molecular formula is C32H36FNO6. The summed E-state index contributed by atoms with van der Waals surface area (Å²) in [6.07, 6.45) is 2.57. The van der Waals surface area contributed by atoms with Gasteiger partial charge in [0, 0.05) is 24.3 Å². The van der Waals surface area contributed by atoms with E-state index < -0.39 is 30.5 Å². The Kier molecular flexibility index (Phi) is 9.81. The van der Waals surface area contributed by atoms with Crippen molar-refractivity contribution in [2.24, 2.45) is 5.92 Å². The van der Waals surface area contributed by atoms with E-state index in [1.54, 1.807) is 4.90 Å². The molecule has 0 bridgehead atoms. The Morgan fingerprint density at radius 1 is 0.850 bits per heavy atom. The van der Waals surface area contributed by atoms with E-state index in [0.717, 1.165) is 28.8 Å². The molecule has 40 heavy (non-hydrogen) atoms. The van der Waals surface area contributed by atoms with E-state index in [2.05, 4.69) is 0 Å². The van der Waals surface area contributed by atoms with Crippen LogP contribution in [0.1, 0.15) is 58.8 Å². The van der Waals surface area contributed by atoms with Crippen LogP contribution < -0.4 is 4.90 Å². The standard InChI is InChI=1S/C32H36FNO6/c33-26-11-9-24(10-12-26)29(38)16-15-28-30(25-7-3-23(4-8-25)17-18-32(40,20-36)21-37)34(31(28)39)27-13-5-22(6-14-27)2-1-19-35/h3-14,28,30,35-37,40H,1-2,15-21H2/t28-,30+/m0/s1. The van der Waals surface area contributed by atoms with Gasteiger partial charge in [0.05, 0.1) is 25.2 Å². The van der Waals surface area contributed by atoms with Crippen LogP contribution >= 0.6 is 0 Å². The molecule has 7 nitrogen and oxygen atoms in total. The van der Waals surface area contributed by atoms with Crippen molar-refractivity contribution in [2.45, 2.75) is 50.2 Å². The van der Waals surface area contributed by atoms with Gasteiger partial charge in [-0.25, -0.2) is 4.39 Å². The largest absolute Gasteiger partial charge is 0.396 e. The van der Waals surface area contributed by atoms with Gasteiger partial charge in [-0.1, -0.05) is 36.4 Å². The molecule has 3 aromatic carbocycles. The van der Waals surface area contributed by atoms with E-state index in [0.29, 0.717) is 24.8 Å². The molecule has 1 saturated heterocycles. The first-order valence-electron chi connectivity index (χ1n) is 13.6. The summed E-state index contributed by atoms with van der Waals surface area (Å²) >= 11 is 0. The average Bonchev–Trinajstić information content (AvgIpc) is 2.98. The maximum Gasteiger partial charge on any atom is 0.233 e. The van der Waals surface area contributed by atoms with Crippen LogP contribution in [0.2, 0.25) is 0 Å². The van der Waals surface area contributed by atoms with Crippen LogP contribution in [0.15, 0.2) is 72.8 Å². The van der Waals surface area contributed by atoms with E-state index in [1.165, 1.54) is 24.3 Å². The van der Waals surface area contributed by atoms with Crippen LogP contribution in [0, 0.1) is 11.7 Å². The van der Waals surface area contributed by atoms with Crippen LogP contribution in [0.3, 0.4) is 0 Å². The van der Waals surface area contributed by atoms with Crippen molar-refractivity contribution in [3.8, 4) is 0 Å². The fourth-order valence-electron chi connectivity index (χ4n) is 5.14. The number of aliphatic hydroxyl groups is 4. The molecule has 0 aliphatic carbocycles. The maximum absolute atomic E-state index is 13.4. The summed E-state index contributed by atoms with van der Waals surface area (Å²) in [6, 6.07) is 20.5. The summed E-state index contributed by atoms with van der Waals surface area (Å²) in [5.41, 5.74) is 2.52. The topological polar surface area (TPSA) is 118 Å². The number of benzene rings is 3. The number of Topliss-reactive ketones (excluding diaryl/α,β-unsaturated/α-hetero) is 1. The Morgan fingerprint density at radius 3 is 2.05 bits per heavy atom. The number of ketones is 1. The molecule has 1 aliphatic heterocycles. The molecule has 1 heterocycles. The monoisotopic (exact) mass is 549 g/mol. The first kappa shape index (κ1) is 29.6. The second kappa shape index (κ2) is 13.3. The van der Waals surface area contributed by atoms with Gasteiger partial charge in [-0.15, -0.1) is 0 Å². The van der Waals surface area contributed by atoms with Gasteiger partial charge in [0.15, 0.2) is 5.78 Å². The third-order valence-corrected chi connectivity index (χ3v) is 7.69. The molecule has 2 atom stereocenters. The van der Waals surface area contributed by atoms with Gasteiger partial charge in [0.2, 0.25) is 5.91 Å². The SMILES string of the molecule is O=C(CC[C@@H]1C(=O)N(c2ccc(CCCO)cc2)[C@@H]1c1ccc(CCC(O)(CO)CO)cc1)c1ccc(F)cc1. The van der Waals surface area contributed by atoms with E-state index in [-0.39, 0.29) is 37.2 Å². The highest BCUT2D eigenvalue weighted by molar-refractivity contribution is 6.04. The number of halogens is 1. The first-order chi connectivity index (χ1) is 19.3. The Balaban J connectivity index is 1.52. The van der Waals surface area contributed by atoms with Crippen molar-refractivity contribution in [3.63, 3.8) is 0 Å². The number of β-lactam (4-membered cyclic amide) rings is 1. The molecule has 0 saturated carbocycles. The third kappa shape index (κ3) is 6.82. The van der Waals surface area contributed by atoms with Gasteiger partial charge in [0.25, 0.3) is 0 Å². The number of hydrogen-bond acceptors (Lipinski definition) is 6. The van der Waals surface area contributed by atoms with Crippen LogP contribution in [0.25, 0.3) is 0 Å². The molecule has 4 rings (SSSR count). The number of carbonyl (C=O) groups excluding carboxylic acids is 2. The summed E-state index contributed by atoms with van der Waals surface area (Å²) in [5.74, 6) is -1.03. The van der Waals surface area contributed by atoms with Gasteiger partial charge in [0.1, 0.15) is 11.4 Å². The molecule has 3 aromatic rings. The molecular weight excluding hydrogens is 513 g/mol. The second-order valence-corrected chi connectivity index (χ2v) is 10.5. The number of amides is 1. The predicted molar refractivity (Wildman–Crippen MR) is 149 cm³/mol. The molecule has 1 fully saturated rings. The van der Waals surface area contributed by atoms with Crippen molar-refractivity contribution in [1.82, 2.24) is 0 Å². The van der Waals surface area contributed by atoms with E-state index >= 15 is 0 Å². The van der Waals surface area contributed by atoms with Gasteiger partial charge in [-0.3, -0.25) is 9.59 Å². The summed E-state index contributed by atoms with van der Waals surface area (Å²) in [6.45, 7) is -0.947. The fourth-order valence-corrected chi connectivity index (χ4v) is 5.14. The van der Waals surface area contributed by atoms with Gasteiger partial charge < -0.3 is 25.3 Å². The minimum atomic E-state index is -1.54. The number of hydrogen-bond donors (Lipinski definition) is 4. The summed E-state index contributed by atoms with van der Waals surface area (Å²) in [5, 5.41) is 38.0. The third-order valence-electron chi connectivity index (χ3n) is 7.69. The molecule has 0 aromatic heterocycles. The Hall–Kier alpha value is -3.43. The van der Waals surface area contributed by atoms with Gasteiger partial charge in [-0.05, 0) is 85.2 Å². The van der Waals surface area contributed by atoms with E-state index in [4.69, 9.17) is 5.11 Å². The highest BCUT2D eigenvalue weighted by Gasteiger charge is 2.48. The number of rotatable bonds is 14. The number of carbonyl (C=O) groups is 2. The van der Waals surface area contributed by atoms with Crippen molar-refractivity contribution in [3.05, 3.63) is 101 Å². The van der Waals surface area contributed by atoms with Crippen molar-refractivity contribution in [1.29, 1.82) is 0 Å². The predicted octanol–water partition coefficient (Wildman–Crippen LogP) is 3.77. The van der Waals surface area contributed by atoms with Gasteiger partial charge in [-0.2, -0.15) is 0 Å². The molecule has 0 spiro atoms. The highest BCUT2D eigenvalue weighted by Crippen LogP contribution is 2.46. The quantitative estimate of drug-likeness (QED) is 0.180. The van der Waals surface area contributed by atoms with E-state index in [1.807, 2.05) is 48.5 Å². The number of anilines is 1. The van der Waals surface area contributed by atoms with Crippen LogP contribution in [-0.2, 0) is 17.6 Å². The van der Waals surface area contributed by atoms with Crippen LogP contribution in [0.4, 0.5) is 10.1 Å². The first-order valence-corrected chi connectivity index (χ1v) is 13.6. The average molecular weight is 550 g/mol. The zero-order valence-electron chi connectivity index (χ0n) is 22.4. The number of aryl methyl sites for hydroxylation is 2. The lowest BCUT2D eigenvalue weighted by Gasteiger charge is -2.47. The molecule has 1 aliphatic rings. The van der Waals surface area contributed by atoms with Gasteiger partial charge >= 0.3 is 0 Å². The lowest BCUT2D eigenvalue weighted by molar-refractivity contribution is -0.130. The normalized spacial score (nSPS) is 17.1. The van der Waals surface area contributed by atoms with Crippen LogP contribution in [-0.4, -0.2) is 57.5 Å². The molecule has 0 radical (unpaired) electrons. The van der Waals surface area contributed by atoms with Crippen molar-refractivity contribution < 1.29 is 34.4 Å². The summed E-state index contributed by atoms with van der Waals surface area (Å²) in [7, 11) is 0. The highest BCUT2D eigenvalue weighted by atomic mass is 19.1. The molecule has 8 heteroatoms. The molecule has 212 valence electrons. The Labute approximate surface area is 233 Å². The smallest absolute Gasteiger partial charge is 0.233 e. The summed E-state index contributed by atoms with van der Waals surface area (Å²) < 4.78 is 13.3. The Morgan fingerprint density at radius 2 is 1.45 bits per heavy atom. The number of aliphatic hydroxyl groups excluding tert-OH is 3. The van der Waals surface area contributed by atoms with E-state index in [9.17, 15) is 29.3 Å². The molecule has 1 amide bonds. The fraction of sp³-hybridized carbons (Fsp3) is 0.375. The lowest BCUT2D eigenvalue weighted by atomic mass is 9.78. The minimum absolute atomic E-state index is 0.0694. The van der Waals surface area contributed by atoms with Crippen molar-refractivity contribution >= 4 is 17.4 Å². The summed E-state index contributed by atoms with van der Waals surface area (Å²) in [4.78, 5) is 27.9. The Bertz CT molecular complexity index is 1270. The van der Waals surface area contributed by atoms with Crippen molar-refractivity contribution in [2.75, 3.05) is 24.7 Å². The minimum Gasteiger partial charge on any atom is -0.396 e. The zero-order chi connectivity index (χ0) is 28.7. The molecule has 4 N–H and O–H groups in total.